The number of hydrogen-bond donors (Lipinski definition) is 2. The first-order chi connectivity index (χ1) is 13.7. The smallest absolute Gasteiger partial charge is 0.265 e. The maximum atomic E-state index is 12.9. The lowest BCUT2D eigenvalue weighted by Gasteiger charge is -2.31. The molecule has 1 aliphatic rings. The van der Waals surface area contributed by atoms with E-state index in [9.17, 15) is 9.59 Å². The van der Waals surface area contributed by atoms with Crippen LogP contribution in [0.3, 0.4) is 0 Å². The molecule has 1 aliphatic carbocycles. The van der Waals surface area contributed by atoms with Gasteiger partial charge >= 0.3 is 0 Å². The van der Waals surface area contributed by atoms with Crippen molar-refractivity contribution in [1.29, 1.82) is 0 Å². The predicted octanol–water partition coefficient (Wildman–Crippen LogP) is 3.01. The number of carbonyl (C=O) groups excluding carboxylic acids is 1. The van der Waals surface area contributed by atoms with Gasteiger partial charge in [0.15, 0.2) is 0 Å². The fourth-order valence-electron chi connectivity index (χ4n) is 3.88. The highest BCUT2D eigenvalue weighted by molar-refractivity contribution is 5.93. The summed E-state index contributed by atoms with van der Waals surface area (Å²) in [7, 11) is 0. The molecule has 2 N–H and O–H groups in total. The van der Waals surface area contributed by atoms with Crippen molar-refractivity contribution in [2.45, 2.75) is 38.1 Å². The molecule has 144 valence electrons. The number of H-pyrrole nitrogens is 1. The van der Waals surface area contributed by atoms with E-state index in [2.05, 4.69) is 20.4 Å². The van der Waals surface area contributed by atoms with E-state index in [1.165, 1.54) is 30.1 Å². The van der Waals surface area contributed by atoms with Gasteiger partial charge in [0.1, 0.15) is 5.56 Å². The van der Waals surface area contributed by atoms with Crippen molar-refractivity contribution in [3.8, 4) is 5.95 Å². The van der Waals surface area contributed by atoms with Gasteiger partial charge in [-0.25, -0.2) is 9.67 Å². The average molecular weight is 377 g/mol. The molecule has 3 aromatic rings. The van der Waals surface area contributed by atoms with Gasteiger partial charge < -0.3 is 5.32 Å². The van der Waals surface area contributed by atoms with Crippen molar-refractivity contribution in [2.75, 3.05) is 0 Å². The molecule has 2 heterocycles. The van der Waals surface area contributed by atoms with Crippen LogP contribution in [0.4, 0.5) is 0 Å². The van der Waals surface area contributed by atoms with Crippen molar-refractivity contribution in [1.82, 2.24) is 25.1 Å². The van der Waals surface area contributed by atoms with Crippen LogP contribution in [0.2, 0.25) is 0 Å². The van der Waals surface area contributed by atoms with E-state index in [4.69, 9.17) is 0 Å². The molecule has 4 rings (SSSR count). The lowest BCUT2D eigenvalue weighted by molar-refractivity contribution is 0.0910. The van der Waals surface area contributed by atoms with Crippen LogP contribution in [0.1, 0.15) is 54.1 Å². The second-order valence-corrected chi connectivity index (χ2v) is 7.16. The Hall–Kier alpha value is -3.22. The summed E-state index contributed by atoms with van der Waals surface area (Å²) in [6.45, 7) is 0. The summed E-state index contributed by atoms with van der Waals surface area (Å²) < 4.78 is 1.44. The Kier molecular flexibility index (Phi) is 5.32. The second-order valence-electron chi connectivity index (χ2n) is 7.16. The molecule has 0 unspecified atom stereocenters. The van der Waals surface area contributed by atoms with Gasteiger partial charge in [-0.05, 0) is 30.4 Å². The predicted molar refractivity (Wildman–Crippen MR) is 105 cm³/mol. The molecule has 0 spiro atoms. The van der Waals surface area contributed by atoms with Crippen molar-refractivity contribution in [2.24, 2.45) is 5.92 Å². The number of nitrogens with one attached hydrogen (secondary N) is 2. The Morgan fingerprint density at radius 2 is 1.93 bits per heavy atom. The molecule has 0 aliphatic heterocycles. The SMILES string of the molecule is O=C(N[C@@H](c1ccccc1)C1CCCCC1)c1cnc(-n2cccn2)[nH]c1=O. The van der Waals surface area contributed by atoms with Crippen LogP contribution in [-0.4, -0.2) is 25.7 Å². The fraction of sp³-hybridized carbons (Fsp3) is 0.333. The summed E-state index contributed by atoms with van der Waals surface area (Å²) in [6, 6.07) is 11.6. The Labute approximate surface area is 162 Å². The van der Waals surface area contributed by atoms with E-state index in [-0.39, 0.29) is 17.6 Å². The summed E-state index contributed by atoms with van der Waals surface area (Å²) in [5.41, 5.74) is 0.599. The Morgan fingerprint density at radius 3 is 2.61 bits per heavy atom. The van der Waals surface area contributed by atoms with Gasteiger partial charge in [0.05, 0.1) is 6.04 Å². The lowest BCUT2D eigenvalue weighted by atomic mass is 9.81. The van der Waals surface area contributed by atoms with Crippen LogP contribution in [0.15, 0.2) is 59.8 Å². The number of hydrogen-bond acceptors (Lipinski definition) is 4. The number of rotatable bonds is 5. The van der Waals surface area contributed by atoms with Crippen LogP contribution in [0.25, 0.3) is 5.95 Å². The van der Waals surface area contributed by atoms with Gasteiger partial charge in [-0.3, -0.25) is 14.6 Å². The summed E-state index contributed by atoms with van der Waals surface area (Å²) in [6.07, 6.45) is 10.3. The molecule has 1 fully saturated rings. The third-order valence-electron chi connectivity index (χ3n) is 5.32. The fourth-order valence-corrected chi connectivity index (χ4v) is 3.88. The van der Waals surface area contributed by atoms with Crippen molar-refractivity contribution in [3.05, 3.63) is 76.5 Å². The summed E-state index contributed by atoms with van der Waals surface area (Å²) in [4.78, 5) is 32.2. The number of aromatic amines is 1. The summed E-state index contributed by atoms with van der Waals surface area (Å²) >= 11 is 0. The van der Waals surface area contributed by atoms with Gasteiger partial charge in [-0.2, -0.15) is 5.10 Å². The molecule has 7 heteroatoms. The van der Waals surface area contributed by atoms with E-state index in [0.29, 0.717) is 5.92 Å². The highest BCUT2D eigenvalue weighted by Gasteiger charge is 2.27. The highest BCUT2D eigenvalue weighted by atomic mass is 16.2. The third-order valence-corrected chi connectivity index (χ3v) is 5.32. The molecule has 0 bridgehead atoms. The van der Waals surface area contributed by atoms with Crippen LogP contribution in [0.5, 0.6) is 0 Å². The van der Waals surface area contributed by atoms with Gasteiger partial charge in [-0.1, -0.05) is 49.6 Å². The lowest BCUT2D eigenvalue weighted by Crippen LogP contribution is -2.37. The van der Waals surface area contributed by atoms with Crippen LogP contribution >= 0.6 is 0 Å². The van der Waals surface area contributed by atoms with E-state index < -0.39 is 11.5 Å². The maximum Gasteiger partial charge on any atom is 0.265 e. The van der Waals surface area contributed by atoms with E-state index in [1.54, 1.807) is 18.5 Å². The molecule has 28 heavy (non-hydrogen) atoms. The molecular formula is C21H23N5O2. The van der Waals surface area contributed by atoms with Gasteiger partial charge in [0, 0.05) is 18.6 Å². The Balaban J connectivity index is 1.58. The first-order valence-corrected chi connectivity index (χ1v) is 9.67. The minimum atomic E-state index is -0.478. The normalized spacial score (nSPS) is 15.9. The summed E-state index contributed by atoms with van der Waals surface area (Å²) in [5, 5.41) is 7.13. The Morgan fingerprint density at radius 1 is 1.14 bits per heavy atom. The molecule has 1 atom stereocenters. The van der Waals surface area contributed by atoms with Crippen molar-refractivity contribution < 1.29 is 4.79 Å². The van der Waals surface area contributed by atoms with E-state index in [1.807, 2.05) is 30.3 Å². The van der Waals surface area contributed by atoms with Gasteiger partial charge in [0.2, 0.25) is 5.95 Å². The number of benzene rings is 1. The van der Waals surface area contributed by atoms with Crippen molar-refractivity contribution >= 4 is 5.91 Å². The molecule has 1 saturated carbocycles. The Bertz CT molecular complexity index is 976. The molecule has 1 aromatic carbocycles. The number of amides is 1. The van der Waals surface area contributed by atoms with Crippen molar-refractivity contribution in [3.63, 3.8) is 0 Å². The van der Waals surface area contributed by atoms with Crippen LogP contribution < -0.4 is 10.9 Å². The maximum absolute atomic E-state index is 12.9. The molecule has 7 nitrogen and oxygen atoms in total. The number of carbonyl (C=O) groups is 1. The zero-order chi connectivity index (χ0) is 19.3. The number of aromatic nitrogens is 4. The standard InChI is InChI=1S/C21H23N5O2/c27-19(17-14-22-21(25-20(17)28)26-13-7-12-23-26)24-18(15-8-3-1-4-9-15)16-10-5-2-6-11-16/h1,3-4,7-9,12-14,16,18H,2,5-6,10-11H2,(H,24,27)(H,22,25,28)/t18-/m0/s1. The zero-order valence-corrected chi connectivity index (χ0v) is 15.5. The van der Waals surface area contributed by atoms with E-state index >= 15 is 0 Å². The average Bonchev–Trinajstić information content (AvgIpc) is 3.28. The first-order valence-electron chi connectivity index (χ1n) is 9.67. The summed E-state index contributed by atoms with van der Waals surface area (Å²) in [5.74, 6) is 0.245. The largest absolute Gasteiger partial charge is 0.345 e. The van der Waals surface area contributed by atoms with Crippen LogP contribution in [-0.2, 0) is 0 Å². The quantitative estimate of drug-likeness (QED) is 0.715. The highest BCUT2D eigenvalue weighted by Crippen LogP contribution is 2.34. The van der Waals surface area contributed by atoms with Crippen LogP contribution in [0, 0.1) is 5.92 Å². The second kappa shape index (κ2) is 8.21. The molecule has 0 saturated heterocycles. The minimum Gasteiger partial charge on any atom is -0.345 e. The minimum absolute atomic E-state index is 0.00708. The third kappa shape index (κ3) is 3.88. The topological polar surface area (TPSA) is 92.7 Å². The molecule has 0 radical (unpaired) electrons. The zero-order valence-electron chi connectivity index (χ0n) is 15.5. The first kappa shape index (κ1) is 18.2. The number of nitrogens with zero attached hydrogens (tertiary/aromatic N) is 3. The monoisotopic (exact) mass is 377 g/mol. The van der Waals surface area contributed by atoms with Gasteiger partial charge in [0.25, 0.3) is 11.5 Å². The molecule has 2 aromatic heterocycles. The molecular weight excluding hydrogens is 354 g/mol. The van der Waals surface area contributed by atoms with Gasteiger partial charge in [-0.15, -0.1) is 0 Å². The molecule has 1 amide bonds. The van der Waals surface area contributed by atoms with E-state index in [0.717, 1.165) is 18.4 Å².